The molecule has 0 saturated carbocycles. The number of aliphatic carboxylic acids is 1. The molecule has 3 aromatic rings. The Labute approximate surface area is 168 Å². The fourth-order valence-electron chi connectivity index (χ4n) is 2.39. The van der Waals surface area contributed by atoms with Crippen LogP contribution >= 0.6 is 27.5 Å². The number of rotatable bonds is 6. The van der Waals surface area contributed by atoms with Crippen molar-refractivity contribution in [3.05, 3.63) is 75.5 Å². The van der Waals surface area contributed by atoms with Crippen LogP contribution in [0.15, 0.2) is 59.3 Å². The average molecular weight is 450 g/mol. The van der Waals surface area contributed by atoms with Gasteiger partial charge in [-0.05, 0) is 37.3 Å². The third-order valence-electron chi connectivity index (χ3n) is 3.78. The molecule has 27 heavy (non-hydrogen) atoms. The van der Waals surface area contributed by atoms with E-state index in [1.54, 1.807) is 42.6 Å². The normalized spacial score (nSPS) is 11.8. The number of ether oxygens (including phenoxy) is 1. The number of carbonyl (C=O) groups is 2. The van der Waals surface area contributed by atoms with Gasteiger partial charge in [-0.15, -0.1) is 0 Å². The molecule has 0 aliphatic heterocycles. The van der Waals surface area contributed by atoms with Gasteiger partial charge in [-0.3, -0.25) is 4.79 Å². The molecule has 0 unspecified atom stereocenters. The minimum Gasteiger partial charge on any atom is -0.479 e. The Morgan fingerprint density at radius 2 is 2.00 bits per heavy atom. The van der Waals surface area contributed by atoms with Crippen LogP contribution in [0.2, 0.25) is 5.02 Å². The molecule has 0 fully saturated rings. The molecule has 1 heterocycles. The van der Waals surface area contributed by atoms with E-state index in [1.165, 1.54) is 17.8 Å². The Morgan fingerprint density at radius 1 is 1.26 bits per heavy atom. The lowest BCUT2D eigenvalue weighted by molar-refractivity contribution is -0.144. The summed E-state index contributed by atoms with van der Waals surface area (Å²) in [4.78, 5) is 24.0. The maximum Gasteiger partial charge on any atom is 0.344 e. The van der Waals surface area contributed by atoms with Gasteiger partial charge in [0.05, 0.1) is 28.0 Å². The summed E-state index contributed by atoms with van der Waals surface area (Å²) in [6.45, 7) is 1.40. The average Bonchev–Trinajstić information content (AvgIpc) is 3.12. The predicted molar refractivity (Wildman–Crippen MR) is 104 cm³/mol. The van der Waals surface area contributed by atoms with Crippen LogP contribution in [0.1, 0.15) is 22.8 Å². The highest BCUT2D eigenvalue weighted by molar-refractivity contribution is 9.10. The third kappa shape index (κ3) is 4.20. The van der Waals surface area contributed by atoms with Crippen molar-refractivity contribution in [2.45, 2.75) is 13.0 Å². The SMILES string of the molecule is C[C@H](Oc1ccc(Br)cc1C(=O)c1cnn(-c2ccccc2Cl)c1)C(=O)O. The molecule has 1 aromatic heterocycles. The monoisotopic (exact) mass is 448 g/mol. The van der Waals surface area contributed by atoms with Crippen molar-refractivity contribution < 1.29 is 19.4 Å². The van der Waals surface area contributed by atoms with E-state index in [2.05, 4.69) is 21.0 Å². The highest BCUT2D eigenvalue weighted by Crippen LogP contribution is 2.27. The molecule has 2 aromatic carbocycles. The van der Waals surface area contributed by atoms with Crippen molar-refractivity contribution in [2.75, 3.05) is 0 Å². The van der Waals surface area contributed by atoms with Gasteiger partial charge in [-0.25, -0.2) is 9.48 Å². The molecule has 8 heteroatoms. The number of aromatic nitrogens is 2. The Bertz CT molecular complexity index is 1020. The summed E-state index contributed by atoms with van der Waals surface area (Å²) in [6, 6.07) is 11.9. The zero-order chi connectivity index (χ0) is 19.6. The van der Waals surface area contributed by atoms with Gasteiger partial charge in [-0.1, -0.05) is 39.7 Å². The van der Waals surface area contributed by atoms with Gasteiger partial charge in [0, 0.05) is 10.7 Å². The summed E-state index contributed by atoms with van der Waals surface area (Å²) in [6.07, 6.45) is 1.90. The fraction of sp³-hybridized carbons (Fsp3) is 0.105. The largest absolute Gasteiger partial charge is 0.479 e. The van der Waals surface area contributed by atoms with Crippen molar-refractivity contribution in [1.29, 1.82) is 0 Å². The zero-order valence-corrected chi connectivity index (χ0v) is 16.4. The van der Waals surface area contributed by atoms with Crippen LogP contribution in [0.5, 0.6) is 5.75 Å². The molecule has 138 valence electrons. The maximum absolute atomic E-state index is 13.0. The number of carboxylic acid groups (broad SMARTS) is 1. The molecule has 0 spiro atoms. The van der Waals surface area contributed by atoms with E-state index in [9.17, 15) is 9.59 Å². The van der Waals surface area contributed by atoms with Gasteiger partial charge in [-0.2, -0.15) is 5.10 Å². The molecule has 0 aliphatic rings. The molecule has 1 N–H and O–H groups in total. The van der Waals surface area contributed by atoms with Gasteiger partial charge < -0.3 is 9.84 Å². The summed E-state index contributed by atoms with van der Waals surface area (Å²) in [5.41, 5.74) is 1.19. The Morgan fingerprint density at radius 3 is 2.70 bits per heavy atom. The fourth-order valence-corrected chi connectivity index (χ4v) is 2.97. The third-order valence-corrected chi connectivity index (χ3v) is 4.59. The Balaban J connectivity index is 1.96. The summed E-state index contributed by atoms with van der Waals surface area (Å²) in [5.74, 6) is -1.28. The lowest BCUT2D eigenvalue weighted by Crippen LogP contribution is -2.23. The summed E-state index contributed by atoms with van der Waals surface area (Å²) in [5, 5.41) is 13.8. The Kier molecular flexibility index (Phi) is 5.62. The van der Waals surface area contributed by atoms with E-state index in [0.717, 1.165) is 0 Å². The number of hydrogen-bond acceptors (Lipinski definition) is 4. The van der Waals surface area contributed by atoms with Crippen LogP contribution in [-0.2, 0) is 4.79 Å². The smallest absolute Gasteiger partial charge is 0.344 e. The number of para-hydroxylation sites is 1. The molecule has 0 amide bonds. The van der Waals surface area contributed by atoms with Gasteiger partial charge >= 0.3 is 5.97 Å². The first-order valence-corrected chi connectivity index (χ1v) is 9.07. The van der Waals surface area contributed by atoms with Crippen LogP contribution in [0.25, 0.3) is 5.69 Å². The van der Waals surface area contributed by atoms with E-state index in [0.29, 0.717) is 20.7 Å². The quantitative estimate of drug-likeness (QED) is 0.565. The van der Waals surface area contributed by atoms with Crippen LogP contribution in [0.4, 0.5) is 0 Å². The molecule has 1 atom stereocenters. The number of carboxylic acids is 1. The number of hydrogen-bond donors (Lipinski definition) is 1. The molecule has 0 saturated heterocycles. The van der Waals surface area contributed by atoms with Crippen molar-refractivity contribution >= 4 is 39.3 Å². The molecule has 6 nitrogen and oxygen atoms in total. The van der Waals surface area contributed by atoms with Crippen molar-refractivity contribution in [1.82, 2.24) is 9.78 Å². The molecule has 0 bridgehead atoms. The summed E-state index contributed by atoms with van der Waals surface area (Å²) in [7, 11) is 0. The van der Waals surface area contributed by atoms with Gasteiger partial charge in [0.15, 0.2) is 11.9 Å². The molecular weight excluding hydrogens is 436 g/mol. The topological polar surface area (TPSA) is 81.4 Å². The van der Waals surface area contributed by atoms with Crippen molar-refractivity contribution in [3.8, 4) is 11.4 Å². The minimum absolute atomic E-state index is 0.184. The van der Waals surface area contributed by atoms with Crippen molar-refractivity contribution in [2.24, 2.45) is 0 Å². The van der Waals surface area contributed by atoms with E-state index in [1.807, 2.05) is 6.07 Å². The lowest BCUT2D eigenvalue weighted by atomic mass is 10.1. The lowest BCUT2D eigenvalue weighted by Gasteiger charge is -2.14. The van der Waals surface area contributed by atoms with Gasteiger partial charge in [0.25, 0.3) is 0 Å². The van der Waals surface area contributed by atoms with Crippen molar-refractivity contribution in [3.63, 3.8) is 0 Å². The van der Waals surface area contributed by atoms with Gasteiger partial charge in [0.1, 0.15) is 5.75 Å². The first-order chi connectivity index (χ1) is 12.9. The summed E-state index contributed by atoms with van der Waals surface area (Å²) < 4.78 is 7.60. The number of halogens is 2. The number of nitrogens with zero attached hydrogens (tertiary/aromatic N) is 2. The van der Waals surface area contributed by atoms with Crippen LogP contribution in [0, 0.1) is 0 Å². The molecule has 0 radical (unpaired) electrons. The second-order valence-electron chi connectivity index (χ2n) is 5.69. The first-order valence-electron chi connectivity index (χ1n) is 7.90. The minimum atomic E-state index is -1.12. The zero-order valence-electron chi connectivity index (χ0n) is 14.1. The standard InChI is InChI=1S/C19H14BrClN2O4/c1-11(19(25)26)27-17-7-6-13(20)8-14(17)18(24)12-9-22-23(10-12)16-5-3-2-4-15(16)21/h2-11H,1H3,(H,25,26)/t11-/m0/s1. The molecule has 0 aliphatic carbocycles. The van der Waals surface area contributed by atoms with E-state index < -0.39 is 12.1 Å². The predicted octanol–water partition coefficient (Wildman–Crippen LogP) is 4.37. The van der Waals surface area contributed by atoms with Crippen LogP contribution in [0.3, 0.4) is 0 Å². The molecular formula is C19H14BrClN2O4. The first kappa shape index (κ1) is 19.1. The summed E-state index contributed by atoms with van der Waals surface area (Å²) >= 11 is 9.49. The second-order valence-corrected chi connectivity index (χ2v) is 7.02. The van der Waals surface area contributed by atoms with E-state index in [-0.39, 0.29) is 17.1 Å². The Hall–Kier alpha value is -2.64. The number of ketones is 1. The highest BCUT2D eigenvalue weighted by atomic mass is 79.9. The maximum atomic E-state index is 13.0. The van der Waals surface area contributed by atoms with Crippen LogP contribution < -0.4 is 4.74 Å². The molecule has 3 rings (SSSR count). The van der Waals surface area contributed by atoms with E-state index >= 15 is 0 Å². The van der Waals surface area contributed by atoms with Crippen LogP contribution in [-0.4, -0.2) is 32.7 Å². The van der Waals surface area contributed by atoms with Gasteiger partial charge in [0.2, 0.25) is 0 Å². The number of carbonyl (C=O) groups excluding carboxylic acids is 1. The van der Waals surface area contributed by atoms with E-state index in [4.69, 9.17) is 21.4 Å². The number of benzene rings is 2. The second kappa shape index (κ2) is 7.94. The highest BCUT2D eigenvalue weighted by Gasteiger charge is 2.21.